The minimum Gasteiger partial charge on any atom is -0.458 e. The van der Waals surface area contributed by atoms with Crippen LogP contribution in [0.2, 0.25) is 0 Å². The van der Waals surface area contributed by atoms with Crippen molar-refractivity contribution in [2.75, 3.05) is 0 Å². The lowest BCUT2D eigenvalue weighted by atomic mass is 10.2. The second-order valence-corrected chi connectivity index (χ2v) is 4.56. The van der Waals surface area contributed by atoms with E-state index in [-0.39, 0.29) is 0 Å². The van der Waals surface area contributed by atoms with Gasteiger partial charge in [0.15, 0.2) is 11.4 Å². The maximum Gasteiger partial charge on any atom is 0.170 e. The summed E-state index contributed by atoms with van der Waals surface area (Å²) in [5.74, 6) is 1.22. The Bertz CT molecular complexity index is 820. The SMILES string of the molecule is Cc1cc(C#N)c(-c2cc(C)n3ncc(C)c3n2)o1. The molecule has 0 aliphatic rings. The third-order valence-electron chi connectivity index (χ3n) is 3.03. The Morgan fingerprint density at radius 1 is 1.26 bits per heavy atom. The maximum atomic E-state index is 9.13. The summed E-state index contributed by atoms with van der Waals surface area (Å²) >= 11 is 0. The number of hydrogen-bond acceptors (Lipinski definition) is 4. The average Bonchev–Trinajstić information content (AvgIpc) is 2.93. The number of fused-ring (bicyclic) bond motifs is 1. The lowest BCUT2D eigenvalue weighted by Gasteiger charge is -2.03. The summed E-state index contributed by atoms with van der Waals surface area (Å²) in [6, 6.07) is 5.73. The monoisotopic (exact) mass is 252 g/mol. The van der Waals surface area contributed by atoms with Crippen LogP contribution in [0.3, 0.4) is 0 Å². The molecule has 0 spiro atoms. The number of aromatic nitrogens is 3. The van der Waals surface area contributed by atoms with Crippen LogP contribution in [-0.4, -0.2) is 14.6 Å². The molecule has 19 heavy (non-hydrogen) atoms. The Morgan fingerprint density at radius 3 is 2.79 bits per heavy atom. The molecule has 3 heterocycles. The van der Waals surface area contributed by atoms with E-state index in [4.69, 9.17) is 9.68 Å². The highest BCUT2D eigenvalue weighted by molar-refractivity contribution is 5.65. The molecule has 0 fully saturated rings. The van der Waals surface area contributed by atoms with Gasteiger partial charge in [0.2, 0.25) is 0 Å². The fourth-order valence-electron chi connectivity index (χ4n) is 2.13. The summed E-state index contributed by atoms with van der Waals surface area (Å²) in [4.78, 5) is 4.54. The van der Waals surface area contributed by atoms with E-state index < -0.39 is 0 Å². The first kappa shape index (κ1) is 11.5. The van der Waals surface area contributed by atoms with E-state index >= 15 is 0 Å². The van der Waals surface area contributed by atoms with E-state index in [0.717, 1.165) is 16.9 Å². The third kappa shape index (κ3) is 1.69. The summed E-state index contributed by atoms with van der Waals surface area (Å²) in [5, 5.41) is 13.4. The van der Waals surface area contributed by atoms with Gasteiger partial charge in [-0.1, -0.05) is 0 Å². The maximum absolute atomic E-state index is 9.13. The molecule has 5 heteroatoms. The van der Waals surface area contributed by atoms with E-state index in [0.29, 0.717) is 22.8 Å². The van der Waals surface area contributed by atoms with Crippen molar-refractivity contribution < 1.29 is 4.42 Å². The van der Waals surface area contributed by atoms with Gasteiger partial charge in [0.1, 0.15) is 23.1 Å². The Balaban J connectivity index is 2.31. The topological polar surface area (TPSA) is 67.1 Å². The van der Waals surface area contributed by atoms with Crippen molar-refractivity contribution in [1.29, 1.82) is 5.26 Å². The molecule has 0 amide bonds. The molecule has 0 aromatic carbocycles. The van der Waals surface area contributed by atoms with Crippen LogP contribution in [0.15, 0.2) is 22.7 Å². The van der Waals surface area contributed by atoms with Crippen LogP contribution in [-0.2, 0) is 0 Å². The van der Waals surface area contributed by atoms with Gasteiger partial charge in [-0.3, -0.25) is 0 Å². The van der Waals surface area contributed by atoms with E-state index in [1.807, 2.05) is 26.8 Å². The van der Waals surface area contributed by atoms with Gasteiger partial charge >= 0.3 is 0 Å². The van der Waals surface area contributed by atoms with Crippen LogP contribution < -0.4 is 0 Å². The number of furan rings is 1. The zero-order valence-corrected chi connectivity index (χ0v) is 10.9. The van der Waals surface area contributed by atoms with Crippen molar-refractivity contribution in [3.05, 3.63) is 40.9 Å². The number of hydrogen-bond donors (Lipinski definition) is 0. The first-order valence-electron chi connectivity index (χ1n) is 5.93. The number of nitrogens with zero attached hydrogens (tertiary/aromatic N) is 4. The van der Waals surface area contributed by atoms with Crippen LogP contribution >= 0.6 is 0 Å². The minimum absolute atomic E-state index is 0.505. The van der Waals surface area contributed by atoms with E-state index in [1.165, 1.54) is 0 Å². The predicted octanol–water partition coefficient (Wildman–Crippen LogP) is 2.79. The van der Waals surface area contributed by atoms with Crippen LogP contribution in [0.1, 0.15) is 22.6 Å². The molecule has 0 N–H and O–H groups in total. The molecule has 0 bridgehead atoms. The van der Waals surface area contributed by atoms with Crippen molar-refractivity contribution in [2.24, 2.45) is 0 Å². The van der Waals surface area contributed by atoms with Gasteiger partial charge in [0, 0.05) is 11.3 Å². The zero-order valence-electron chi connectivity index (χ0n) is 10.9. The molecule has 0 aliphatic heterocycles. The highest BCUT2D eigenvalue weighted by Crippen LogP contribution is 2.26. The molecule has 3 rings (SSSR count). The first-order chi connectivity index (χ1) is 9.10. The molecule has 0 atom stereocenters. The smallest absolute Gasteiger partial charge is 0.170 e. The quantitative estimate of drug-likeness (QED) is 0.667. The normalized spacial score (nSPS) is 10.8. The summed E-state index contributed by atoms with van der Waals surface area (Å²) in [6.07, 6.45) is 1.78. The fraction of sp³-hybridized carbons (Fsp3) is 0.214. The van der Waals surface area contributed by atoms with E-state index in [2.05, 4.69) is 16.2 Å². The van der Waals surface area contributed by atoms with Gasteiger partial charge in [-0.25, -0.2) is 9.50 Å². The van der Waals surface area contributed by atoms with Crippen molar-refractivity contribution in [3.8, 4) is 17.5 Å². The van der Waals surface area contributed by atoms with E-state index in [9.17, 15) is 0 Å². The van der Waals surface area contributed by atoms with Gasteiger partial charge in [0.05, 0.1) is 6.20 Å². The number of nitriles is 1. The number of aryl methyl sites for hydroxylation is 3. The highest BCUT2D eigenvalue weighted by Gasteiger charge is 2.15. The Hall–Kier alpha value is -2.61. The lowest BCUT2D eigenvalue weighted by Crippen LogP contribution is -1.98. The summed E-state index contributed by atoms with van der Waals surface area (Å²) in [7, 11) is 0. The van der Waals surface area contributed by atoms with E-state index in [1.54, 1.807) is 16.8 Å². The average molecular weight is 252 g/mol. The van der Waals surface area contributed by atoms with Gasteiger partial charge < -0.3 is 4.42 Å². The number of rotatable bonds is 1. The second kappa shape index (κ2) is 3.95. The molecule has 3 aromatic heterocycles. The van der Waals surface area contributed by atoms with Gasteiger partial charge in [-0.2, -0.15) is 10.4 Å². The standard InChI is InChI=1S/C14H12N4O/c1-8-7-16-18-9(2)4-12(17-14(8)18)13-11(6-15)5-10(3)19-13/h4-5,7H,1-3H3. The van der Waals surface area contributed by atoms with Crippen molar-refractivity contribution in [2.45, 2.75) is 20.8 Å². The fourth-order valence-corrected chi connectivity index (χ4v) is 2.13. The molecular formula is C14H12N4O. The zero-order chi connectivity index (χ0) is 13.6. The van der Waals surface area contributed by atoms with Gasteiger partial charge in [-0.05, 0) is 32.9 Å². The lowest BCUT2D eigenvalue weighted by molar-refractivity contribution is 0.545. The molecule has 0 radical (unpaired) electrons. The molecule has 0 aliphatic carbocycles. The van der Waals surface area contributed by atoms with Crippen LogP contribution in [0.25, 0.3) is 17.1 Å². The summed E-state index contributed by atoms with van der Waals surface area (Å²) in [5.41, 5.74) is 3.90. The van der Waals surface area contributed by atoms with Crippen LogP contribution in [0.5, 0.6) is 0 Å². The third-order valence-corrected chi connectivity index (χ3v) is 3.03. The van der Waals surface area contributed by atoms with Crippen LogP contribution in [0, 0.1) is 32.1 Å². The molecule has 94 valence electrons. The first-order valence-corrected chi connectivity index (χ1v) is 5.93. The van der Waals surface area contributed by atoms with Crippen molar-refractivity contribution in [3.63, 3.8) is 0 Å². The van der Waals surface area contributed by atoms with Crippen molar-refractivity contribution in [1.82, 2.24) is 14.6 Å². The molecule has 3 aromatic rings. The van der Waals surface area contributed by atoms with Crippen molar-refractivity contribution >= 4 is 5.65 Å². The predicted molar refractivity (Wildman–Crippen MR) is 69.6 cm³/mol. The van der Waals surface area contributed by atoms with Gasteiger partial charge in [-0.15, -0.1) is 0 Å². The second-order valence-electron chi connectivity index (χ2n) is 4.56. The molecular weight excluding hydrogens is 240 g/mol. The molecule has 0 saturated carbocycles. The Kier molecular flexibility index (Phi) is 2.39. The summed E-state index contributed by atoms with van der Waals surface area (Å²) in [6.45, 7) is 5.73. The minimum atomic E-state index is 0.505. The molecule has 5 nitrogen and oxygen atoms in total. The summed E-state index contributed by atoms with van der Waals surface area (Å²) < 4.78 is 7.38. The Labute approximate surface area is 110 Å². The highest BCUT2D eigenvalue weighted by atomic mass is 16.3. The van der Waals surface area contributed by atoms with Gasteiger partial charge in [0.25, 0.3) is 0 Å². The molecule has 0 saturated heterocycles. The Morgan fingerprint density at radius 2 is 2.05 bits per heavy atom. The molecule has 0 unspecified atom stereocenters. The van der Waals surface area contributed by atoms with Crippen LogP contribution in [0.4, 0.5) is 0 Å². The largest absolute Gasteiger partial charge is 0.458 e.